The van der Waals surface area contributed by atoms with Crippen molar-refractivity contribution >= 4 is 16.1 Å². The highest BCUT2D eigenvalue weighted by molar-refractivity contribution is 7.86. The van der Waals surface area contributed by atoms with E-state index in [9.17, 15) is 13.2 Å². The van der Waals surface area contributed by atoms with Crippen LogP contribution in [0.2, 0.25) is 0 Å². The van der Waals surface area contributed by atoms with Gasteiger partial charge in [-0.15, -0.1) is 0 Å². The Balaban J connectivity index is 2.85. The molecule has 0 N–H and O–H groups in total. The van der Waals surface area contributed by atoms with Crippen LogP contribution in [-0.4, -0.2) is 28.1 Å². The highest BCUT2D eigenvalue weighted by Gasteiger charge is 2.31. The summed E-state index contributed by atoms with van der Waals surface area (Å²) in [6.45, 7) is 4.64. The number of benzene rings is 1. The van der Waals surface area contributed by atoms with E-state index in [1.807, 2.05) is 0 Å². The van der Waals surface area contributed by atoms with E-state index in [0.717, 1.165) is 5.56 Å². The number of esters is 1. The van der Waals surface area contributed by atoms with Gasteiger partial charge in [0, 0.05) is 0 Å². The molecule has 19 heavy (non-hydrogen) atoms. The minimum atomic E-state index is -3.87. The van der Waals surface area contributed by atoms with E-state index in [2.05, 4.69) is 4.74 Å². The minimum Gasteiger partial charge on any atom is -0.469 e. The molecule has 5 nitrogen and oxygen atoms in total. The fourth-order valence-corrected chi connectivity index (χ4v) is 2.56. The lowest BCUT2D eigenvalue weighted by atomic mass is 9.95. The van der Waals surface area contributed by atoms with Crippen molar-refractivity contribution in [2.45, 2.75) is 25.7 Å². The lowest BCUT2D eigenvalue weighted by molar-refractivity contribution is -0.152. The fourth-order valence-electron chi connectivity index (χ4n) is 1.40. The molecule has 0 saturated heterocycles. The van der Waals surface area contributed by atoms with Gasteiger partial charge in [0.15, 0.2) is 0 Å². The summed E-state index contributed by atoms with van der Waals surface area (Å²) in [5, 5.41) is 0. The highest BCUT2D eigenvalue weighted by Crippen LogP contribution is 2.21. The largest absolute Gasteiger partial charge is 0.469 e. The van der Waals surface area contributed by atoms with Gasteiger partial charge in [-0.2, -0.15) is 8.42 Å². The van der Waals surface area contributed by atoms with Crippen molar-refractivity contribution in [3.63, 3.8) is 0 Å². The zero-order valence-corrected chi connectivity index (χ0v) is 12.3. The molecular weight excluding hydrogens is 268 g/mol. The molecular formula is C13H18O5S. The third-order valence-electron chi connectivity index (χ3n) is 2.59. The van der Waals surface area contributed by atoms with Crippen LogP contribution >= 0.6 is 0 Å². The van der Waals surface area contributed by atoms with Gasteiger partial charge in [-0.25, -0.2) is 0 Å². The van der Waals surface area contributed by atoms with Gasteiger partial charge >= 0.3 is 5.97 Å². The van der Waals surface area contributed by atoms with Gasteiger partial charge in [0.05, 0.1) is 24.0 Å². The topological polar surface area (TPSA) is 69.7 Å². The molecule has 0 spiro atoms. The molecule has 106 valence electrons. The Hall–Kier alpha value is -1.40. The highest BCUT2D eigenvalue weighted by atomic mass is 32.2. The summed E-state index contributed by atoms with van der Waals surface area (Å²) >= 11 is 0. The first-order valence-corrected chi connectivity index (χ1v) is 7.14. The van der Waals surface area contributed by atoms with Gasteiger partial charge in [-0.05, 0) is 38.5 Å². The monoisotopic (exact) mass is 286 g/mol. The molecule has 1 aromatic carbocycles. The standard InChI is InChI=1S/C13H18O5S/c1-10-6-5-7-11(8-10)19(15,16)18-9-13(2,3)12(14)17-4/h5-8H,9H2,1-4H3. The zero-order valence-electron chi connectivity index (χ0n) is 11.5. The molecule has 1 rings (SSSR count). The second-order valence-electron chi connectivity index (χ2n) is 4.91. The van der Waals surface area contributed by atoms with Crippen molar-refractivity contribution in [1.29, 1.82) is 0 Å². The first-order chi connectivity index (χ1) is 8.69. The number of rotatable bonds is 5. The van der Waals surface area contributed by atoms with Gasteiger partial charge in [0.2, 0.25) is 0 Å². The maximum atomic E-state index is 12.0. The van der Waals surface area contributed by atoms with Crippen LogP contribution in [0.5, 0.6) is 0 Å². The Kier molecular flexibility index (Phi) is 4.70. The van der Waals surface area contributed by atoms with E-state index in [1.165, 1.54) is 19.2 Å². The molecule has 0 atom stereocenters. The summed E-state index contributed by atoms with van der Waals surface area (Å²) in [7, 11) is -2.62. The first-order valence-electron chi connectivity index (χ1n) is 5.73. The van der Waals surface area contributed by atoms with Crippen LogP contribution in [0.3, 0.4) is 0 Å². The number of aryl methyl sites for hydroxylation is 1. The number of carbonyl (C=O) groups excluding carboxylic acids is 1. The molecule has 0 aliphatic carbocycles. The number of ether oxygens (including phenoxy) is 1. The molecule has 1 aromatic rings. The lowest BCUT2D eigenvalue weighted by Crippen LogP contribution is -2.32. The third kappa shape index (κ3) is 4.04. The van der Waals surface area contributed by atoms with Gasteiger partial charge in [-0.3, -0.25) is 8.98 Å². The summed E-state index contributed by atoms with van der Waals surface area (Å²) in [6.07, 6.45) is 0. The smallest absolute Gasteiger partial charge is 0.313 e. The van der Waals surface area contributed by atoms with E-state index < -0.39 is 21.5 Å². The van der Waals surface area contributed by atoms with Crippen LogP contribution in [-0.2, 0) is 23.8 Å². The van der Waals surface area contributed by atoms with Crippen molar-refractivity contribution in [3.05, 3.63) is 29.8 Å². The molecule has 0 radical (unpaired) electrons. The van der Waals surface area contributed by atoms with Crippen LogP contribution in [0.15, 0.2) is 29.2 Å². The molecule has 0 aromatic heterocycles. The van der Waals surface area contributed by atoms with E-state index in [-0.39, 0.29) is 11.5 Å². The van der Waals surface area contributed by atoms with Gasteiger partial charge in [0.25, 0.3) is 10.1 Å². The molecule has 0 amide bonds. The molecule has 0 saturated carbocycles. The van der Waals surface area contributed by atoms with Crippen LogP contribution in [0.4, 0.5) is 0 Å². The van der Waals surface area contributed by atoms with Crippen LogP contribution in [0.1, 0.15) is 19.4 Å². The van der Waals surface area contributed by atoms with Crippen molar-refractivity contribution in [1.82, 2.24) is 0 Å². The van der Waals surface area contributed by atoms with E-state index in [0.29, 0.717) is 0 Å². The average Bonchev–Trinajstić information content (AvgIpc) is 2.35. The quantitative estimate of drug-likeness (QED) is 0.611. The van der Waals surface area contributed by atoms with Gasteiger partial charge < -0.3 is 4.74 Å². The fraction of sp³-hybridized carbons (Fsp3) is 0.462. The third-order valence-corrected chi connectivity index (χ3v) is 3.85. The SMILES string of the molecule is COC(=O)C(C)(C)COS(=O)(=O)c1cccc(C)c1. The molecule has 0 aliphatic heterocycles. The van der Waals surface area contributed by atoms with Gasteiger partial charge in [-0.1, -0.05) is 12.1 Å². The normalized spacial score (nSPS) is 12.2. The lowest BCUT2D eigenvalue weighted by Gasteiger charge is -2.20. The Labute approximate surface area is 113 Å². The number of methoxy groups -OCH3 is 1. The molecule has 6 heteroatoms. The molecule has 0 heterocycles. The van der Waals surface area contributed by atoms with E-state index >= 15 is 0 Å². The number of carbonyl (C=O) groups is 1. The number of hydrogen-bond acceptors (Lipinski definition) is 5. The summed E-state index contributed by atoms with van der Waals surface area (Å²) in [5.41, 5.74) is -0.206. The summed E-state index contributed by atoms with van der Waals surface area (Å²) in [6, 6.07) is 6.39. The predicted molar refractivity (Wildman–Crippen MR) is 70.1 cm³/mol. The number of hydrogen-bond donors (Lipinski definition) is 0. The molecule has 0 bridgehead atoms. The van der Waals surface area contributed by atoms with Gasteiger partial charge in [0.1, 0.15) is 0 Å². The second-order valence-corrected chi connectivity index (χ2v) is 6.52. The Bertz CT molecular complexity index is 560. The van der Waals surface area contributed by atoms with E-state index in [4.69, 9.17) is 4.18 Å². The van der Waals surface area contributed by atoms with Crippen molar-refractivity contribution in [2.24, 2.45) is 5.41 Å². The Morgan fingerprint density at radius 2 is 1.95 bits per heavy atom. The van der Waals surface area contributed by atoms with E-state index in [1.54, 1.807) is 32.9 Å². The molecule has 0 unspecified atom stereocenters. The Morgan fingerprint density at radius 3 is 2.47 bits per heavy atom. The molecule has 0 aliphatic rings. The summed E-state index contributed by atoms with van der Waals surface area (Å²) < 4.78 is 33.5. The van der Waals surface area contributed by atoms with Crippen molar-refractivity contribution < 1.29 is 22.1 Å². The second kappa shape index (κ2) is 5.71. The first kappa shape index (κ1) is 15.7. The maximum absolute atomic E-state index is 12.0. The predicted octanol–water partition coefficient (Wildman–Crippen LogP) is 1.90. The van der Waals surface area contributed by atoms with Crippen molar-refractivity contribution in [3.8, 4) is 0 Å². The van der Waals surface area contributed by atoms with Crippen LogP contribution < -0.4 is 0 Å². The summed E-state index contributed by atoms with van der Waals surface area (Å²) in [4.78, 5) is 11.5. The zero-order chi connectivity index (χ0) is 14.7. The van der Waals surface area contributed by atoms with Crippen LogP contribution in [0, 0.1) is 12.3 Å². The average molecular weight is 286 g/mol. The summed E-state index contributed by atoms with van der Waals surface area (Å²) in [5.74, 6) is -0.521. The Morgan fingerprint density at radius 1 is 1.32 bits per heavy atom. The maximum Gasteiger partial charge on any atom is 0.313 e. The minimum absolute atomic E-state index is 0.0770. The molecule has 0 fully saturated rings. The van der Waals surface area contributed by atoms with Crippen molar-refractivity contribution in [2.75, 3.05) is 13.7 Å². The van der Waals surface area contributed by atoms with Crippen LogP contribution in [0.25, 0.3) is 0 Å².